The number of amides is 4. The van der Waals surface area contributed by atoms with Crippen LogP contribution in [-0.2, 0) is 18.9 Å². The van der Waals surface area contributed by atoms with E-state index in [0.29, 0.717) is 78.0 Å². The topological polar surface area (TPSA) is 118 Å². The minimum Gasteiger partial charge on any atom is -0.446 e. The third-order valence-corrected chi connectivity index (χ3v) is 7.02. The number of hydrogen-bond acceptors (Lipinski definition) is 8. The van der Waals surface area contributed by atoms with E-state index in [2.05, 4.69) is 0 Å². The number of carbonyl (C=O) groups excluding carboxylic acids is 4. The molecule has 0 aromatic carbocycles. The first-order valence-corrected chi connectivity index (χ1v) is 14.6. The van der Waals surface area contributed by atoms with Crippen molar-refractivity contribution in [2.75, 3.05) is 52.4 Å². The molecule has 3 fully saturated rings. The van der Waals surface area contributed by atoms with Gasteiger partial charge in [0.1, 0.15) is 23.4 Å². The second kappa shape index (κ2) is 13.6. The van der Waals surface area contributed by atoms with Crippen LogP contribution in [0.25, 0.3) is 0 Å². The Bertz CT molecular complexity index is 804. The molecule has 4 amide bonds. The van der Waals surface area contributed by atoms with E-state index >= 15 is 0 Å². The molecule has 1 aliphatic carbocycles. The van der Waals surface area contributed by atoms with Crippen molar-refractivity contribution in [3.63, 3.8) is 0 Å². The predicted octanol–water partition coefficient (Wildman–Crippen LogP) is 4.46. The molecule has 12 nitrogen and oxygen atoms in total. The Labute approximate surface area is 238 Å². The summed E-state index contributed by atoms with van der Waals surface area (Å²) in [6.07, 6.45) is 2.67. The normalized spacial score (nSPS) is 23.1. The summed E-state index contributed by atoms with van der Waals surface area (Å²) in [7, 11) is 0. The lowest BCUT2D eigenvalue weighted by Crippen LogP contribution is -2.52. The van der Waals surface area contributed by atoms with Gasteiger partial charge in [0.25, 0.3) is 0 Å². The van der Waals surface area contributed by atoms with Gasteiger partial charge in [-0.15, -0.1) is 0 Å². The van der Waals surface area contributed by atoms with Crippen molar-refractivity contribution in [3.05, 3.63) is 0 Å². The van der Waals surface area contributed by atoms with E-state index in [0.717, 1.165) is 12.8 Å². The summed E-state index contributed by atoms with van der Waals surface area (Å²) < 4.78 is 22.4. The summed E-state index contributed by atoms with van der Waals surface area (Å²) in [4.78, 5) is 56.5. The van der Waals surface area contributed by atoms with E-state index < -0.39 is 11.2 Å². The van der Waals surface area contributed by atoms with Gasteiger partial charge in [-0.25, -0.2) is 19.2 Å². The molecular formula is C28H48N4O8. The largest absolute Gasteiger partial charge is 0.446 e. The minimum absolute atomic E-state index is 0.172. The van der Waals surface area contributed by atoms with Crippen molar-refractivity contribution in [2.24, 2.45) is 0 Å². The van der Waals surface area contributed by atoms with E-state index in [4.69, 9.17) is 18.9 Å². The summed E-state index contributed by atoms with van der Waals surface area (Å²) >= 11 is 0. The van der Waals surface area contributed by atoms with Crippen LogP contribution in [0.15, 0.2) is 0 Å². The molecular weight excluding hydrogens is 520 g/mol. The van der Waals surface area contributed by atoms with Crippen LogP contribution < -0.4 is 0 Å². The average Bonchev–Trinajstić information content (AvgIpc) is 2.85. The quantitative estimate of drug-likeness (QED) is 0.448. The maximum atomic E-state index is 12.7. The first kappa shape index (κ1) is 31.6. The van der Waals surface area contributed by atoms with Crippen molar-refractivity contribution in [1.29, 1.82) is 0 Å². The SMILES string of the molecule is CC(C)(C)OC(=O)N1CCN(C(=O)O[C@H]2CCC[C@@H](OC(=O)N3CCN(C(=O)OC(C)(C)C)CC3)CCC2)CC1. The molecule has 0 aromatic heterocycles. The Balaban J connectivity index is 1.34. The van der Waals surface area contributed by atoms with Crippen molar-refractivity contribution >= 4 is 24.4 Å². The summed E-state index contributed by atoms with van der Waals surface area (Å²) in [6.45, 7) is 14.3. The molecule has 2 saturated heterocycles. The highest BCUT2D eigenvalue weighted by Crippen LogP contribution is 2.24. The van der Waals surface area contributed by atoms with E-state index in [1.807, 2.05) is 41.5 Å². The number of hydrogen-bond donors (Lipinski definition) is 0. The Morgan fingerprint density at radius 1 is 0.475 bits per heavy atom. The summed E-state index contributed by atoms with van der Waals surface area (Å²) in [6, 6.07) is 0. The van der Waals surface area contributed by atoms with Crippen LogP contribution in [0.3, 0.4) is 0 Å². The highest BCUT2D eigenvalue weighted by atomic mass is 16.6. The smallest absolute Gasteiger partial charge is 0.410 e. The molecule has 12 heteroatoms. The van der Waals surface area contributed by atoms with Gasteiger partial charge in [0.15, 0.2) is 0 Å². The van der Waals surface area contributed by atoms with E-state index in [-0.39, 0.29) is 36.6 Å². The van der Waals surface area contributed by atoms with Crippen molar-refractivity contribution in [3.8, 4) is 0 Å². The molecule has 2 aliphatic heterocycles. The second-order valence-electron chi connectivity index (χ2n) is 12.8. The van der Waals surface area contributed by atoms with Crippen LogP contribution in [0.5, 0.6) is 0 Å². The Kier molecular flexibility index (Phi) is 10.8. The highest BCUT2D eigenvalue weighted by molar-refractivity contribution is 5.71. The first-order valence-electron chi connectivity index (χ1n) is 14.6. The lowest BCUT2D eigenvalue weighted by atomic mass is 9.96. The molecule has 0 aromatic rings. The van der Waals surface area contributed by atoms with E-state index in [1.165, 1.54) is 0 Å². The zero-order chi connectivity index (χ0) is 29.5. The molecule has 3 rings (SSSR count). The van der Waals surface area contributed by atoms with Gasteiger partial charge in [0, 0.05) is 52.4 Å². The van der Waals surface area contributed by atoms with Gasteiger partial charge in [0.2, 0.25) is 0 Å². The maximum absolute atomic E-state index is 12.7. The molecule has 0 spiro atoms. The fourth-order valence-electron chi connectivity index (χ4n) is 4.90. The maximum Gasteiger partial charge on any atom is 0.410 e. The van der Waals surface area contributed by atoms with Crippen molar-refractivity contribution in [2.45, 2.75) is 103 Å². The van der Waals surface area contributed by atoms with Gasteiger partial charge < -0.3 is 38.5 Å². The van der Waals surface area contributed by atoms with Crippen molar-refractivity contribution in [1.82, 2.24) is 19.6 Å². The van der Waals surface area contributed by atoms with Gasteiger partial charge in [-0.1, -0.05) is 0 Å². The molecule has 40 heavy (non-hydrogen) atoms. The number of carbonyl (C=O) groups is 4. The van der Waals surface area contributed by atoms with Gasteiger partial charge in [-0.3, -0.25) is 0 Å². The highest BCUT2D eigenvalue weighted by Gasteiger charge is 2.32. The van der Waals surface area contributed by atoms with Crippen LogP contribution in [0.2, 0.25) is 0 Å². The molecule has 3 aliphatic rings. The van der Waals surface area contributed by atoms with E-state index in [9.17, 15) is 19.2 Å². The van der Waals surface area contributed by atoms with Gasteiger partial charge in [-0.05, 0) is 80.1 Å². The number of ether oxygens (including phenoxy) is 4. The van der Waals surface area contributed by atoms with Crippen LogP contribution >= 0.6 is 0 Å². The summed E-state index contributed by atoms with van der Waals surface area (Å²) in [5.41, 5.74) is -1.11. The lowest BCUT2D eigenvalue weighted by Gasteiger charge is -2.36. The molecule has 0 N–H and O–H groups in total. The minimum atomic E-state index is -0.554. The van der Waals surface area contributed by atoms with Gasteiger partial charge >= 0.3 is 24.4 Å². The Hall–Kier alpha value is -2.92. The molecule has 228 valence electrons. The predicted molar refractivity (Wildman–Crippen MR) is 147 cm³/mol. The Morgan fingerprint density at radius 2 is 0.725 bits per heavy atom. The fraction of sp³-hybridized carbons (Fsp3) is 0.857. The second-order valence-corrected chi connectivity index (χ2v) is 12.8. The fourth-order valence-corrected chi connectivity index (χ4v) is 4.90. The molecule has 1 saturated carbocycles. The average molecular weight is 569 g/mol. The van der Waals surface area contributed by atoms with Crippen molar-refractivity contribution < 1.29 is 38.1 Å². The summed E-state index contributed by atoms with van der Waals surface area (Å²) in [5, 5.41) is 0. The van der Waals surface area contributed by atoms with Gasteiger partial charge in [0.05, 0.1) is 0 Å². The van der Waals surface area contributed by atoms with E-state index in [1.54, 1.807) is 19.6 Å². The summed E-state index contributed by atoms with van der Waals surface area (Å²) in [5.74, 6) is 0. The standard InChI is InChI=1S/C28H48N4O8/c1-27(2,3)39-25(35)31-17-13-29(14-18-31)23(33)37-21-9-7-11-22(12-8-10-21)38-24(34)30-15-19-32(20-16-30)26(36)40-28(4,5)6/h21-22H,7-20H2,1-6H3/t21-,22+. The van der Waals surface area contributed by atoms with Crippen LogP contribution in [-0.4, -0.2) is 120 Å². The first-order chi connectivity index (χ1) is 18.7. The monoisotopic (exact) mass is 568 g/mol. The van der Waals surface area contributed by atoms with Crippen LogP contribution in [0, 0.1) is 0 Å². The third-order valence-electron chi connectivity index (χ3n) is 7.02. The third kappa shape index (κ3) is 10.2. The molecule has 0 radical (unpaired) electrons. The number of rotatable bonds is 2. The number of nitrogens with zero attached hydrogens (tertiary/aromatic N) is 4. The van der Waals surface area contributed by atoms with Gasteiger partial charge in [-0.2, -0.15) is 0 Å². The van der Waals surface area contributed by atoms with Crippen LogP contribution in [0.1, 0.15) is 80.1 Å². The zero-order valence-corrected chi connectivity index (χ0v) is 25.1. The Morgan fingerprint density at radius 3 is 0.975 bits per heavy atom. The molecule has 2 heterocycles. The zero-order valence-electron chi connectivity index (χ0n) is 25.1. The van der Waals surface area contributed by atoms with Crippen LogP contribution in [0.4, 0.5) is 19.2 Å². The molecule has 0 unspecified atom stereocenters. The molecule has 0 atom stereocenters. The molecule has 0 bridgehead atoms. The number of piperazine rings is 2. The lowest BCUT2D eigenvalue weighted by molar-refractivity contribution is 0.00105.